The predicted octanol–water partition coefficient (Wildman–Crippen LogP) is 3.47. The molecule has 0 spiro atoms. The fraction of sp³-hybridized carbons (Fsp3) is 0.400. The smallest absolute Gasteiger partial charge is 0.0705 e. The maximum Gasteiger partial charge on any atom is 0.0705 e. The Balaban J connectivity index is 2.11. The van der Waals surface area contributed by atoms with Gasteiger partial charge in [0.25, 0.3) is 0 Å². The van der Waals surface area contributed by atoms with Crippen LogP contribution < -0.4 is 5.32 Å². The highest BCUT2D eigenvalue weighted by Crippen LogP contribution is 2.16. The van der Waals surface area contributed by atoms with Gasteiger partial charge in [-0.25, -0.2) is 0 Å². The van der Waals surface area contributed by atoms with E-state index in [4.69, 9.17) is 0 Å². The van der Waals surface area contributed by atoms with Gasteiger partial charge in [0.2, 0.25) is 0 Å². The molecule has 0 radical (unpaired) electrons. The number of hydrogen-bond donors (Lipinski definition) is 1. The van der Waals surface area contributed by atoms with E-state index in [1.807, 2.05) is 24.0 Å². The van der Waals surface area contributed by atoms with Crippen molar-refractivity contribution in [1.29, 1.82) is 0 Å². The lowest BCUT2D eigenvalue weighted by Crippen LogP contribution is -2.30. The van der Waals surface area contributed by atoms with Crippen molar-refractivity contribution in [3.63, 3.8) is 0 Å². The van der Waals surface area contributed by atoms with Gasteiger partial charge in [0, 0.05) is 29.9 Å². The van der Waals surface area contributed by atoms with Crippen LogP contribution in [-0.4, -0.2) is 23.0 Å². The summed E-state index contributed by atoms with van der Waals surface area (Å²) < 4.78 is 0. The molecule has 3 heteroatoms. The Hall–Kier alpha value is -1.06. The Morgan fingerprint density at radius 2 is 2.11 bits per heavy atom. The van der Waals surface area contributed by atoms with Crippen molar-refractivity contribution < 1.29 is 0 Å². The highest BCUT2D eigenvalue weighted by molar-refractivity contribution is 7.98. The van der Waals surface area contributed by atoms with E-state index < -0.39 is 0 Å². The molecule has 0 fully saturated rings. The first kappa shape index (κ1) is 13.4. The first-order valence-corrected chi connectivity index (χ1v) is 7.79. The van der Waals surface area contributed by atoms with E-state index >= 15 is 0 Å². The molecule has 0 aliphatic carbocycles. The van der Waals surface area contributed by atoms with Gasteiger partial charge in [0.05, 0.1) is 5.52 Å². The Morgan fingerprint density at radius 3 is 2.89 bits per heavy atom. The van der Waals surface area contributed by atoms with Crippen LogP contribution in [0.4, 0.5) is 0 Å². The third-order valence-electron chi connectivity index (χ3n) is 3.18. The molecule has 1 atom stereocenters. The molecule has 2 aromatic rings. The molecule has 1 heterocycles. The van der Waals surface area contributed by atoms with Gasteiger partial charge < -0.3 is 5.32 Å². The van der Waals surface area contributed by atoms with E-state index in [9.17, 15) is 0 Å². The normalized spacial score (nSPS) is 12.8. The largest absolute Gasteiger partial charge is 0.309 e. The van der Waals surface area contributed by atoms with Crippen molar-refractivity contribution in [3.05, 3.63) is 42.1 Å². The molecule has 2 rings (SSSR count). The zero-order chi connectivity index (χ0) is 12.8. The van der Waals surface area contributed by atoms with Crippen LogP contribution >= 0.6 is 11.8 Å². The molecule has 2 nitrogen and oxygen atoms in total. The van der Waals surface area contributed by atoms with Crippen molar-refractivity contribution in [2.45, 2.75) is 25.9 Å². The Morgan fingerprint density at radius 1 is 1.28 bits per heavy atom. The van der Waals surface area contributed by atoms with Crippen molar-refractivity contribution in [2.75, 3.05) is 12.0 Å². The lowest BCUT2D eigenvalue weighted by atomic mass is 10.1. The van der Waals surface area contributed by atoms with Crippen LogP contribution in [0.15, 0.2) is 36.5 Å². The molecule has 0 saturated carbocycles. The standard InChI is InChI=1S/C15H20N2S/c1-3-13(11-18-2)17-10-12-8-9-16-15-7-5-4-6-14(12)15/h4-9,13,17H,3,10-11H2,1-2H3. The van der Waals surface area contributed by atoms with Crippen molar-refractivity contribution in [3.8, 4) is 0 Å². The lowest BCUT2D eigenvalue weighted by molar-refractivity contribution is 0.542. The van der Waals surface area contributed by atoms with Crippen LogP contribution in [0.5, 0.6) is 0 Å². The van der Waals surface area contributed by atoms with Gasteiger partial charge in [-0.15, -0.1) is 0 Å². The van der Waals surface area contributed by atoms with Crippen LogP contribution in [0, 0.1) is 0 Å². The molecular weight excluding hydrogens is 240 g/mol. The van der Waals surface area contributed by atoms with Gasteiger partial charge in [0.1, 0.15) is 0 Å². The number of hydrogen-bond acceptors (Lipinski definition) is 3. The van der Waals surface area contributed by atoms with Crippen LogP contribution in [0.25, 0.3) is 10.9 Å². The Bertz CT molecular complexity index is 493. The molecule has 96 valence electrons. The summed E-state index contributed by atoms with van der Waals surface area (Å²) in [5.74, 6) is 1.17. The third-order valence-corrected chi connectivity index (χ3v) is 3.92. The minimum atomic E-state index is 0.590. The summed E-state index contributed by atoms with van der Waals surface area (Å²) >= 11 is 1.90. The molecule has 1 aromatic carbocycles. The van der Waals surface area contributed by atoms with Gasteiger partial charge in [-0.1, -0.05) is 25.1 Å². The molecular formula is C15H20N2S. The van der Waals surface area contributed by atoms with Gasteiger partial charge in [-0.3, -0.25) is 4.98 Å². The number of aromatic nitrogens is 1. The number of thioether (sulfide) groups is 1. The first-order chi connectivity index (χ1) is 8.85. The van der Waals surface area contributed by atoms with Crippen LogP contribution in [0.1, 0.15) is 18.9 Å². The molecule has 0 bridgehead atoms. The zero-order valence-electron chi connectivity index (χ0n) is 11.0. The van der Waals surface area contributed by atoms with E-state index in [2.05, 4.69) is 47.7 Å². The lowest BCUT2D eigenvalue weighted by Gasteiger charge is -2.16. The number of rotatable bonds is 6. The average molecular weight is 260 g/mol. The summed E-state index contributed by atoms with van der Waals surface area (Å²) in [5, 5.41) is 4.89. The van der Waals surface area contributed by atoms with Gasteiger partial charge >= 0.3 is 0 Å². The number of pyridine rings is 1. The molecule has 18 heavy (non-hydrogen) atoms. The average Bonchev–Trinajstić information content (AvgIpc) is 2.43. The summed E-state index contributed by atoms with van der Waals surface area (Å²) in [7, 11) is 0. The number of para-hydroxylation sites is 1. The molecule has 1 N–H and O–H groups in total. The second-order valence-electron chi connectivity index (χ2n) is 4.43. The Labute approximate surface area is 113 Å². The van der Waals surface area contributed by atoms with E-state index in [1.54, 1.807) is 0 Å². The van der Waals surface area contributed by atoms with Gasteiger partial charge in [-0.2, -0.15) is 11.8 Å². The van der Waals surface area contributed by atoms with E-state index in [0.717, 1.165) is 12.1 Å². The highest BCUT2D eigenvalue weighted by Gasteiger charge is 2.06. The second-order valence-corrected chi connectivity index (χ2v) is 5.34. The second kappa shape index (κ2) is 6.76. The van der Waals surface area contributed by atoms with Crippen LogP contribution in [0.2, 0.25) is 0 Å². The summed E-state index contributed by atoms with van der Waals surface area (Å²) in [6.07, 6.45) is 5.23. The van der Waals surface area contributed by atoms with Crippen molar-refractivity contribution in [2.24, 2.45) is 0 Å². The van der Waals surface area contributed by atoms with Crippen LogP contribution in [0.3, 0.4) is 0 Å². The fourth-order valence-electron chi connectivity index (χ4n) is 2.09. The predicted molar refractivity (Wildman–Crippen MR) is 81.0 cm³/mol. The molecule has 1 unspecified atom stereocenters. The SMILES string of the molecule is CCC(CSC)NCc1ccnc2ccccc12. The summed E-state index contributed by atoms with van der Waals surface area (Å²) in [6, 6.07) is 11.0. The van der Waals surface area contributed by atoms with E-state index in [0.29, 0.717) is 6.04 Å². The molecule has 0 aliphatic rings. The number of benzene rings is 1. The number of fused-ring (bicyclic) bond motifs is 1. The monoisotopic (exact) mass is 260 g/mol. The topological polar surface area (TPSA) is 24.9 Å². The summed E-state index contributed by atoms with van der Waals surface area (Å²) in [4.78, 5) is 4.39. The molecule has 0 saturated heterocycles. The van der Waals surface area contributed by atoms with E-state index in [1.165, 1.54) is 23.1 Å². The molecule has 1 aromatic heterocycles. The van der Waals surface area contributed by atoms with E-state index in [-0.39, 0.29) is 0 Å². The summed E-state index contributed by atoms with van der Waals surface area (Å²) in [5.41, 5.74) is 2.41. The number of nitrogens with zero attached hydrogens (tertiary/aromatic N) is 1. The number of nitrogens with one attached hydrogen (secondary N) is 1. The minimum absolute atomic E-state index is 0.590. The quantitative estimate of drug-likeness (QED) is 0.861. The summed E-state index contributed by atoms with van der Waals surface area (Å²) in [6.45, 7) is 3.15. The molecule has 0 aliphatic heterocycles. The Kier molecular flexibility index (Phi) is 5.02. The van der Waals surface area contributed by atoms with Gasteiger partial charge in [0.15, 0.2) is 0 Å². The first-order valence-electron chi connectivity index (χ1n) is 6.40. The minimum Gasteiger partial charge on any atom is -0.309 e. The fourth-order valence-corrected chi connectivity index (χ4v) is 2.84. The zero-order valence-corrected chi connectivity index (χ0v) is 11.8. The van der Waals surface area contributed by atoms with Crippen molar-refractivity contribution >= 4 is 22.7 Å². The highest BCUT2D eigenvalue weighted by atomic mass is 32.2. The van der Waals surface area contributed by atoms with Crippen molar-refractivity contribution in [1.82, 2.24) is 10.3 Å². The van der Waals surface area contributed by atoms with Crippen LogP contribution in [-0.2, 0) is 6.54 Å². The van der Waals surface area contributed by atoms with Gasteiger partial charge in [-0.05, 0) is 30.4 Å². The third kappa shape index (κ3) is 3.24. The molecule has 0 amide bonds. The maximum absolute atomic E-state index is 4.39. The maximum atomic E-state index is 4.39.